The quantitative estimate of drug-likeness (QED) is 0.510. The lowest BCUT2D eigenvalue weighted by Gasteiger charge is -2.01. The van der Waals surface area contributed by atoms with Crippen LogP contribution in [0.1, 0.15) is 10.4 Å². The number of Topliss-reactive ketones (excluding diaryl/α,β-unsaturated/α-hetero) is 1. The van der Waals surface area contributed by atoms with Crippen molar-refractivity contribution in [1.82, 2.24) is 10.2 Å². The molecule has 0 spiro atoms. The molecule has 0 bridgehead atoms. The zero-order valence-corrected chi connectivity index (χ0v) is 13.6. The second kappa shape index (κ2) is 6.56. The normalized spacial score (nSPS) is 12.4. The summed E-state index contributed by atoms with van der Waals surface area (Å²) in [5.41, 5.74) is 1.14. The summed E-state index contributed by atoms with van der Waals surface area (Å²) in [5, 5.41) is 8.07. The Bertz CT molecular complexity index is 927. The van der Waals surface area contributed by atoms with Gasteiger partial charge < -0.3 is 13.9 Å². The fourth-order valence-electron chi connectivity index (χ4n) is 2.26. The first-order valence-electron chi connectivity index (χ1n) is 7.34. The lowest BCUT2D eigenvalue weighted by atomic mass is 10.1. The highest BCUT2D eigenvalue weighted by atomic mass is 32.2. The van der Waals surface area contributed by atoms with Gasteiger partial charge in [0.1, 0.15) is 5.82 Å². The number of ether oxygens (including phenoxy) is 2. The lowest BCUT2D eigenvalue weighted by Crippen LogP contribution is -2.02. The molecule has 0 amide bonds. The molecule has 0 unspecified atom stereocenters. The van der Waals surface area contributed by atoms with Crippen molar-refractivity contribution in [3.63, 3.8) is 0 Å². The van der Waals surface area contributed by atoms with Gasteiger partial charge in [-0.1, -0.05) is 11.8 Å². The van der Waals surface area contributed by atoms with Crippen LogP contribution in [0.2, 0.25) is 0 Å². The van der Waals surface area contributed by atoms with E-state index in [9.17, 15) is 9.18 Å². The smallest absolute Gasteiger partial charge is 0.277 e. The molecule has 6 nitrogen and oxygen atoms in total. The Morgan fingerprint density at radius 1 is 1.08 bits per heavy atom. The molecule has 0 saturated carbocycles. The van der Waals surface area contributed by atoms with Gasteiger partial charge in [0.2, 0.25) is 12.7 Å². The van der Waals surface area contributed by atoms with Crippen LogP contribution in [-0.2, 0) is 0 Å². The van der Waals surface area contributed by atoms with Gasteiger partial charge in [-0.25, -0.2) is 4.39 Å². The van der Waals surface area contributed by atoms with Gasteiger partial charge in [-0.2, -0.15) is 0 Å². The third-order valence-electron chi connectivity index (χ3n) is 3.52. The second-order valence-electron chi connectivity index (χ2n) is 5.16. The number of nitrogens with zero attached hydrogens (tertiary/aromatic N) is 2. The van der Waals surface area contributed by atoms with Crippen LogP contribution in [0.4, 0.5) is 4.39 Å². The van der Waals surface area contributed by atoms with Gasteiger partial charge in [-0.05, 0) is 42.5 Å². The topological polar surface area (TPSA) is 74.5 Å². The van der Waals surface area contributed by atoms with Crippen LogP contribution < -0.4 is 9.47 Å². The van der Waals surface area contributed by atoms with Crippen LogP contribution >= 0.6 is 11.8 Å². The van der Waals surface area contributed by atoms with Crippen molar-refractivity contribution in [3.8, 4) is 23.0 Å². The summed E-state index contributed by atoms with van der Waals surface area (Å²) in [6.07, 6.45) is 0. The molecule has 8 heteroatoms. The number of carbonyl (C=O) groups is 1. The van der Waals surface area contributed by atoms with E-state index in [0.29, 0.717) is 22.6 Å². The van der Waals surface area contributed by atoms with E-state index in [1.807, 2.05) is 0 Å². The summed E-state index contributed by atoms with van der Waals surface area (Å²) in [7, 11) is 0. The van der Waals surface area contributed by atoms with Gasteiger partial charge in [-0.3, -0.25) is 4.79 Å². The van der Waals surface area contributed by atoms with E-state index in [1.165, 1.54) is 12.1 Å². The SMILES string of the molecule is O=C(CSc1nnc(-c2ccc(F)cc2)o1)c1ccc2c(c1)OCO2. The molecule has 4 rings (SSSR count). The Morgan fingerprint density at radius 2 is 1.88 bits per heavy atom. The number of aromatic nitrogens is 2. The molecule has 126 valence electrons. The highest BCUT2D eigenvalue weighted by molar-refractivity contribution is 7.99. The summed E-state index contributed by atoms with van der Waals surface area (Å²) in [5.74, 6) is 1.18. The summed E-state index contributed by atoms with van der Waals surface area (Å²) >= 11 is 1.14. The maximum Gasteiger partial charge on any atom is 0.277 e. The molecular weight excluding hydrogens is 347 g/mol. The number of hydrogen-bond donors (Lipinski definition) is 0. The number of carbonyl (C=O) groups excluding carboxylic acids is 1. The van der Waals surface area contributed by atoms with Crippen LogP contribution in [0.3, 0.4) is 0 Å². The van der Waals surface area contributed by atoms with Crippen molar-refractivity contribution in [2.75, 3.05) is 12.5 Å². The molecule has 0 saturated heterocycles. The minimum absolute atomic E-state index is 0.0927. The zero-order valence-electron chi connectivity index (χ0n) is 12.8. The van der Waals surface area contributed by atoms with Crippen LogP contribution in [0, 0.1) is 5.82 Å². The van der Waals surface area contributed by atoms with Gasteiger partial charge in [0, 0.05) is 11.1 Å². The van der Waals surface area contributed by atoms with Crippen molar-refractivity contribution in [2.24, 2.45) is 0 Å². The molecule has 1 aromatic heterocycles. The van der Waals surface area contributed by atoms with Gasteiger partial charge in [0.25, 0.3) is 5.22 Å². The van der Waals surface area contributed by atoms with Crippen LogP contribution in [0.5, 0.6) is 11.5 Å². The molecule has 0 fully saturated rings. The van der Waals surface area contributed by atoms with Crippen molar-refractivity contribution in [3.05, 3.63) is 53.8 Å². The third-order valence-corrected chi connectivity index (χ3v) is 4.34. The van der Waals surface area contributed by atoms with E-state index in [0.717, 1.165) is 11.8 Å². The molecule has 1 aliphatic heterocycles. The van der Waals surface area contributed by atoms with E-state index < -0.39 is 0 Å². The van der Waals surface area contributed by atoms with Crippen molar-refractivity contribution in [1.29, 1.82) is 0 Å². The summed E-state index contributed by atoms with van der Waals surface area (Å²) < 4.78 is 28.9. The average Bonchev–Trinajstić information content (AvgIpc) is 3.29. The van der Waals surface area contributed by atoms with Crippen molar-refractivity contribution < 1.29 is 23.1 Å². The van der Waals surface area contributed by atoms with E-state index >= 15 is 0 Å². The number of halogens is 1. The van der Waals surface area contributed by atoms with Crippen LogP contribution in [0.25, 0.3) is 11.5 Å². The van der Waals surface area contributed by atoms with Gasteiger partial charge in [0.15, 0.2) is 17.3 Å². The Balaban J connectivity index is 1.41. The molecule has 25 heavy (non-hydrogen) atoms. The largest absolute Gasteiger partial charge is 0.454 e. The third kappa shape index (κ3) is 3.34. The summed E-state index contributed by atoms with van der Waals surface area (Å²) in [4.78, 5) is 12.3. The number of benzene rings is 2. The predicted octanol–water partition coefficient (Wildman–Crippen LogP) is 3.58. The molecule has 3 aromatic rings. The lowest BCUT2D eigenvalue weighted by molar-refractivity contribution is 0.102. The summed E-state index contributed by atoms with van der Waals surface area (Å²) in [6, 6.07) is 10.8. The fraction of sp³-hybridized carbons (Fsp3) is 0.118. The van der Waals surface area contributed by atoms with Crippen LogP contribution in [0.15, 0.2) is 52.1 Å². The monoisotopic (exact) mass is 358 g/mol. The number of ketones is 1. The van der Waals surface area contributed by atoms with Crippen LogP contribution in [-0.4, -0.2) is 28.5 Å². The molecule has 0 radical (unpaired) electrons. The predicted molar refractivity (Wildman–Crippen MR) is 87.3 cm³/mol. The number of fused-ring (bicyclic) bond motifs is 1. The number of rotatable bonds is 5. The Labute approximate surface area is 146 Å². The Kier molecular flexibility index (Phi) is 4.10. The first-order chi connectivity index (χ1) is 12.2. The fourth-order valence-corrected chi connectivity index (χ4v) is 2.92. The minimum atomic E-state index is -0.341. The summed E-state index contributed by atoms with van der Waals surface area (Å²) in [6.45, 7) is 0.163. The molecule has 0 N–H and O–H groups in total. The Morgan fingerprint density at radius 3 is 2.72 bits per heavy atom. The first kappa shape index (κ1) is 15.6. The van der Waals surface area contributed by atoms with E-state index in [1.54, 1.807) is 30.3 Å². The zero-order chi connectivity index (χ0) is 17.2. The molecular formula is C17H11FN2O4S. The highest BCUT2D eigenvalue weighted by Crippen LogP contribution is 2.33. The molecule has 2 heterocycles. The van der Waals surface area contributed by atoms with E-state index in [-0.39, 0.29) is 35.3 Å². The Hall–Kier alpha value is -2.87. The standard InChI is InChI=1S/C17H11FN2O4S/c18-12-4-1-10(2-5-12)16-19-20-17(24-16)25-8-13(21)11-3-6-14-15(7-11)23-9-22-14/h1-7H,8-9H2. The maximum absolute atomic E-state index is 12.9. The molecule has 0 aliphatic carbocycles. The first-order valence-corrected chi connectivity index (χ1v) is 8.33. The van der Waals surface area contributed by atoms with Crippen molar-refractivity contribution >= 4 is 17.5 Å². The van der Waals surface area contributed by atoms with Gasteiger partial charge >= 0.3 is 0 Å². The molecule has 2 aromatic carbocycles. The number of thioether (sulfide) groups is 1. The van der Waals surface area contributed by atoms with Gasteiger partial charge in [-0.15, -0.1) is 10.2 Å². The second-order valence-corrected chi connectivity index (χ2v) is 6.09. The maximum atomic E-state index is 12.9. The average molecular weight is 358 g/mol. The molecule has 0 atom stereocenters. The van der Waals surface area contributed by atoms with Gasteiger partial charge in [0.05, 0.1) is 5.75 Å². The van der Waals surface area contributed by atoms with E-state index in [4.69, 9.17) is 13.9 Å². The molecule has 1 aliphatic rings. The highest BCUT2D eigenvalue weighted by Gasteiger charge is 2.17. The number of hydrogen-bond acceptors (Lipinski definition) is 7. The van der Waals surface area contributed by atoms with Crippen molar-refractivity contribution in [2.45, 2.75) is 5.22 Å². The minimum Gasteiger partial charge on any atom is -0.454 e. The van der Waals surface area contributed by atoms with E-state index in [2.05, 4.69) is 10.2 Å².